The molecule has 36 heavy (non-hydrogen) atoms. The van der Waals surface area contributed by atoms with E-state index in [1.807, 2.05) is 54.6 Å². The van der Waals surface area contributed by atoms with Crippen LogP contribution in [0.3, 0.4) is 0 Å². The summed E-state index contributed by atoms with van der Waals surface area (Å²) >= 11 is 6.27. The minimum Gasteiger partial charge on any atom is -0.467 e. The molecule has 2 atom stereocenters. The third-order valence-electron chi connectivity index (χ3n) is 6.17. The van der Waals surface area contributed by atoms with E-state index in [2.05, 4.69) is 5.32 Å². The minimum atomic E-state index is -0.971. The van der Waals surface area contributed by atoms with Gasteiger partial charge in [0.05, 0.1) is 13.7 Å². The maximum atomic E-state index is 13.5. The first-order valence-corrected chi connectivity index (χ1v) is 12.0. The monoisotopic (exact) mass is 506 g/mol. The van der Waals surface area contributed by atoms with Crippen LogP contribution in [0.25, 0.3) is 0 Å². The molecule has 4 rings (SSSR count). The van der Waals surface area contributed by atoms with Gasteiger partial charge in [-0.25, -0.2) is 9.59 Å². The Balaban J connectivity index is 1.54. The van der Waals surface area contributed by atoms with Crippen molar-refractivity contribution >= 4 is 29.6 Å². The lowest BCUT2D eigenvalue weighted by Crippen LogP contribution is -2.56. The van der Waals surface area contributed by atoms with Crippen LogP contribution in [0.1, 0.15) is 22.3 Å². The molecule has 7 nitrogen and oxygen atoms in total. The van der Waals surface area contributed by atoms with E-state index in [0.29, 0.717) is 17.0 Å². The fourth-order valence-electron chi connectivity index (χ4n) is 4.24. The average Bonchev–Trinajstić information content (AvgIpc) is 2.91. The van der Waals surface area contributed by atoms with Crippen LogP contribution < -0.4 is 5.32 Å². The van der Waals surface area contributed by atoms with Crippen LogP contribution in [0.2, 0.25) is 5.02 Å². The van der Waals surface area contributed by atoms with Crippen molar-refractivity contribution in [3.05, 3.63) is 106 Å². The van der Waals surface area contributed by atoms with E-state index >= 15 is 0 Å². The molecular formula is C28H27ClN2O5. The molecule has 0 aromatic heterocycles. The van der Waals surface area contributed by atoms with Gasteiger partial charge in [0.2, 0.25) is 5.91 Å². The van der Waals surface area contributed by atoms with Crippen LogP contribution >= 0.6 is 11.6 Å². The number of benzene rings is 3. The van der Waals surface area contributed by atoms with E-state index in [0.717, 1.165) is 16.7 Å². The molecule has 0 fully saturated rings. The second kappa shape index (κ2) is 11.7. The molecule has 0 radical (unpaired) electrons. The largest absolute Gasteiger partial charge is 0.467 e. The van der Waals surface area contributed by atoms with Crippen molar-refractivity contribution in [2.24, 2.45) is 0 Å². The highest BCUT2D eigenvalue weighted by Gasteiger charge is 2.37. The molecule has 3 aromatic rings. The molecule has 8 heteroatoms. The van der Waals surface area contributed by atoms with Crippen LogP contribution in [-0.4, -0.2) is 42.1 Å². The van der Waals surface area contributed by atoms with Gasteiger partial charge in [-0.15, -0.1) is 0 Å². The number of methoxy groups -OCH3 is 1. The zero-order valence-electron chi connectivity index (χ0n) is 19.9. The quantitative estimate of drug-likeness (QED) is 0.483. The Kier molecular flexibility index (Phi) is 8.23. The third-order valence-corrected chi connectivity index (χ3v) is 6.54. The SMILES string of the molecule is COC(=O)[C@@H](Cc1ccccc1Cl)NC(=O)[C@@H]1Cc2ccccc2CN1C(=O)OCc1ccccc1. The van der Waals surface area contributed by atoms with Gasteiger partial charge >= 0.3 is 12.1 Å². The Morgan fingerprint density at radius 2 is 1.64 bits per heavy atom. The van der Waals surface area contributed by atoms with Gasteiger partial charge in [-0.05, 0) is 28.3 Å². The zero-order valence-corrected chi connectivity index (χ0v) is 20.6. The summed E-state index contributed by atoms with van der Waals surface area (Å²) in [5, 5.41) is 3.27. The molecule has 0 aliphatic carbocycles. The predicted molar refractivity (Wildman–Crippen MR) is 135 cm³/mol. The Labute approximate surface area is 215 Å². The first-order chi connectivity index (χ1) is 17.5. The van der Waals surface area contributed by atoms with Gasteiger partial charge in [-0.2, -0.15) is 0 Å². The summed E-state index contributed by atoms with van der Waals surface area (Å²) in [6.07, 6.45) is -0.156. The summed E-state index contributed by atoms with van der Waals surface area (Å²) in [5.74, 6) is -1.07. The lowest BCUT2D eigenvalue weighted by atomic mass is 9.93. The van der Waals surface area contributed by atoms with E-state index < -0.39 is 30.1 Å². The van der Waals surface area contributed by atoms with Crippen LogP contribution in [-0.2, 0) is 45.1 Å². The molecule has 1 aliphatic heterocycles. The second-order valence-corrected chi connectivity index (χ2v) is 8.94. The molecule has 0 spiro atoms. The minimum absolute atomic E-state index is 0.0868. The highest BCUT2D eigenvalue weighted by molar-refractivity contribution is 6.31. The Bertz CT molecular complexity index is 1230. The van der Waals surface area contributed by atoms with E-state index in [-0.39, 0.29) is 19.6 Å². The van der Waals surface area contributed by atoms with Gasteiger partial charge in [0.25, 0.3) is 0 Å². The summed E-state index contributed by atoms with van der Waals surface area (Å²) in [5.41, 5.74) is 3.45. The highest BCUT2D eigenvalue weighted by atomic mass is 35.5. The molecule has 3 aromatic carbocycles. The number of ether oxygens (including phenoxy) is 2. The molecule has 1 heterocycles. The Morgan fingerprint density at radius 3 is 2.36 bits per heavy atom. The van der Waals surface area contributed by atoms with Crippen molar-refractivity contribution in [2.75, 3.05) is 7.11 Å². The molecule has 1 aliphatic rings. The van der Waals surface area contributed by atoms with Crippen molar-refractivity contribution in [1.29, 1.82) is 0 Å². The van der Waals surface area contributed by atoms with Gasteiger partial charge in [0.15, 0.2) is 0 Å². The zero-order chi connectivity index (χ0) is 25.5. The first kappa shape index (κ1) is 25.3. The van der Waals surface area contributed by atoms with Crippen molar-refractivity contribution < 1.29 is 23.9 Å². The highest BCUT2D eigenvalue weighted by Crippen LogP contribution is 2.25. The van der Waals surface area contributed by atoms with Crippen LogP contribution in [0.15, 0.2) is 78.9 Å². The summed E-state index contributed by atoms with van der Waals surface area (Å²) in [7, 11) is 1.26. The molecule has 186 valence electrons. The van der Waals surface area contributed by atoms with Crippen molar-refractivity contribution in [1.82, 2.24) is 10.2 Å². The van der Waals surface area contributed by atoms with Crippen molar-refractivity contribution in [3.8, 4) is 0 Å². The third kappa shape index (κ3) is 6.04. The smallest absolute Gasteiger partial charge is 0.411 e. The van der Waals surface area contributed by atoms with E-state index in [4.69, 9.17) is 21.1 Å². The fourth-order valence-corrected chi connectivity index (χ4v) is 4.45. The van der Waals surface area contributed by atoms with Gasteiger partial charge in [-0.1, -0.05) is 84.4 Å². The number of halogens is 1. The van der Waals surface area contributed by atoms with Gasteiger partial charge in [0, 0.05) is 17.9 Å². The van der Waals surface area contributed by atoms with Gasteiger partial charge in [0.1, 0.15) is 18.7 Å². The van der Waals surface area contributed by atoms with Crippen LogP contribution in [0.5, 0.6) is 0 Å². The number of rotatable bonds is 7. The van der Waals surface area contributed by atoms with E-state index in [1.54, 1.807) is 24.3 Å². The summed E-state index contributed by atoms with van der Waals surface area (Å²) in [6, 6.07) is 22.2. The Morgan fingerprint density at radius 1 is 0.972 bits per heavy atom. The predicted octanol–water partition coefficient (Wildman–Crippen LogP) is 4.30. The molecule has 1 N–H and O–H groups in total. The summed E-state index contributed by atoms with van der Waals surface area (Å²) < 4.78 is 10.5. The summed E-state index contributed by atoms with van der Waals surface area (Å²) in [6.45, 7) is 0.304. The molecule has 0 saturated carbocycles. The topological polar surface area (TPSA) is 84.9 Å². The van der Waals surface area contributed by atoms with Crippen molar-refractivity contribution in [2.45, 2.75) is 38.1 Å². The molecular weight excluding hydrogens is 480 g/mol. The number of carbonyl (C=O) groups is 3. The molecule has 0 saturated heterocycles. The lowest BCUT2D eigenvalue weighted by Gasteiger charge is -2.35. The van der Waals surface area contributed by atoms with Gasteiger partial charge in [-0.3, -0.25) is 9.69 Å². The molecule has 0 bridgehead atoms. The number of hydrogen-bond donors (Lipinski definition) is 1. The van der Waals surface area contributed by atoms with E-state index in [1.165, 1.54) is 12.0 Å². The lowest BCUT2D eigenvalue weighted by molar-refractivity contribution is -0.145. The van der Waals surface area contributed by atoms with Crippen molar-refractivity contribution in [3.63, 3.8) is 0 Å². The number of nitrogens with one attached hydrogen (secondary N) is 1. The first-order valence-electron chi connectivity index (χ1n) is 11.6. The number of fused-ring (bicyclic) bond motifs is 1. The number of esters is 1. The molecule has 0 unspecified atom stereocenters. The maximum absolute atomic E-state index is 13.5. The number of nitrogens with zero attached hydrogens (tertiary/aromatic N) is 1. The van der Waals surface area contributed by atoms with Gasteiger partial charge < -0.3 is 14.8 Å². The van der Waals surface area contributed by atoms with Crippen LogP contribution in [0.4, 0.5) is 4.79 Å². The number of hydrogen-bond acceptors (Lipinski definition) is 5. The average molecular weight is 507 g/mol. The number of amides is 2. The fraction of sp³-hybridized carbons (Fsp3) is 0.250. The second-order valence-electron chi connectivity index (χ2n) is 8.54. The standard InChI is InChI=1S/C28H27ClN2O5/c1-35-27(33)24(15-21-12-7-8-14-23(21)29)30-26(32)25-16-20-11-5-6-13-22(20)17-31(25)28(34)36-18-19-9-3-2-4-10-19/h2-14,24-25H,15-18H2,1H3,(H,30,32)/t24-,25+/m1/s1. The normalized spacial score (nSPS) is 15.4. The summed E-state index contributed by atoms with van der Waals surface area (Å²) in [4.78, 5) is 40.6. The Hall–Kier alpha value is -3.84. The van der Waals surface area contributed by atoms with E-state index in [9.17, 15) is 14.4 Å². The molecule has 2 amide bonds. The maximum Gasteiger partial charge on any atom is 0.411 e. The van der Waals surface area contributed by atoms with Crippen LogP contribution in [0, 0.1) is 0 Å². The number of carbonyl (C=O) groups excluding carboxylic acids is 3.